The molecule has 4 aromatic heterocycles. The molecule has 0 N–H and O–H groups in total. The number of pyridine rings is 3. The topological polar surface area (TPSA) is 51.8 Å². The van der Waals surface area contributed by atoms with Crippen LogP contribution in [0.25, 0.3) is 55.7 Å². The Hall–Kier alpha value is -4.44. The zero-order chi connectivity index (χ0) is 43.3. The van der Waals surface area contributed by atoms with E-state index in [1.165, 1.54) is 12.3 Å². The molecule has 0 unspecified atom stereocenters. The molecule has 7 aromatic rings. The summed E-state index contributed by atoms with van der Waals surface area (Å²) in [5.74, 6) is 0. The fourth-order valence-corrected chi connectivity index (χ4v) is 5.42. The maximum absolute atomic E-state index is 8.57. The van der Waals surface area contributed by atoms with E-state index in [-0.39, 0.29) is 37.1 Å². The van der Waals surface area contributed by atoms with Gasteiger partial charge < -0.3 is 14.4 Å². The van der Waals surface area contributed by atoms with E-state index in [0.29, 0.717) is 49.9 Å². The molecule has 0 bridgehead atoms. The first-order valence-electron chi connectivity index (χ1n) is 21.1. The van der Waals surface area contributed by atoms with Crippen molar-refractivity contribution in [2.45, 2.75) is 68.0 Å². The molecule has 0 fully saturated rings. The van der Waals surface area contributed by atoms with E-state index in [2.05, 4.69) is 27.1 Å². The summed E-state index contributed by atoms with van der Waals surface area (Å²) in [6, 6.07) is 32.6. The minimum Gasteiger partial charge on any atom is -0.486 e. The predicted molar refractivity (Wildman–Crippen MR) is 203 cm³/mol. The molecule has 4 heterocycles. The van der Waals surface area contributed by atoms with Crippen molar-refractivity contribution < 1.29 is 38.2 Å². The van der Waals surface area contributed by atoms with E-state index in [1.54, 1.807) is 54.7 Å². The van der Waals surface area contributed by atoms with Gasteiger partial charge >= 0.3 is 0 Å². The molecule has 1 radical (unpaired) electrons. The van der Waals surface area contributed by atoms with Crippen molar-refractivity contribution in [3.63, 3.8) is 0 Å². The van der Waals surface area contributed by atoms with Crippen molar-refractivity contribution in [2.75, 3.05) is 0 Å². The number of hydrogen-bond acceptors (Lipinski definition) is 4. The van der Waals surface area contributed by atoms with Gasteiger partial charge in [0, 0.05) is 57.3 Å². The van der Waals surface area contributed by atoms with Gasteiger partial charge in [-0.25, -0.2) is 4.98 Å². The summed E-state index contributed by atoms with van der Waals surface area (Å²) in [6.45, 7) is 6.35. The van der Waals surface area contributed by atoms with Gasteiger partial charge in [0.2, 0.25) is 5.71 Å². The Balaban J connectivity index is 0.000000287. The molecule has 257 valence electrons. The molecule has 4 nitrogen and oxygen atoms in total. The van der Waals surface area contributed by atoms with E-state index in [1.807, 2.05) is 77.9 Å². The molecule has 0 aliphatic heterocycles. The molecular formula is C45H45IrN3O-2. The van der Waals surface area contributed by atoms with Gasteiger partial charge in [-0.2, -0.15) is 0 Å². The Morgan fingerprint density at radius 1 is 0.720 bits per heavy atom. The van der Waals surface area contributed by atoms with Crippen LogP contribution in [0.2, 0.25) is 0 Å². The smallest absolute Gasteiger partial charge is 0.216 e. The largest absolute Gasteiger partial charge is 0.486 e. The van der Waals surface area contributed by atoms with Crippen LogP contribution in [0.15, 0.2) is 108 Å². The molecule has 0 atom stereocenters. The number of furan rings is 1. The van der Waals surface area contributed by atoms with Crippen LogP contribution in [0.3, 0.4) is 0 Å². The third-order valence-electron chi connectivity index (χ3n) is 7.44. The first-order valence-corrected chi connectivity index (χ1v) is 16.1. The van der Waals surface area contributed by atoms with Crippen molar-refractivity contribution in [3.05, 3.63) is 138 Å². The maximum Gasteiger partial charge on any atom is 0.216 e. The summed E-state index contributed by atoms with van der Waals surface area (Å²) < 4.78 is 86.8. The molecule has 3 aromatic carbocycles. The van der Waals surface area contributed by atoms with E-state index < -0.39 is 37.3 Å². The number of hydrogen-bond donors (Lipinski definition) is 0. The average Bonchev–Trinajstić information content (AvgIpc) is 3.55. The SMILES string of the molecule is [2H]C([2H])([2H])c1ccc2c(n1)oc1c(-c3cc(-c4ccc(C([2H])([2H])C(C)(C)C)cc4)c(C([2H])([2H])[2H])cn3)[c-]ccc12.[2H]C([2H])(c1ccc(-c2[c-]cccc2)nc1)C(C)(C)C.[Ir]. The van der Waals surface area contributed by atoms with Crippen molar-refractivity contribution in [1.29, 1.82) is 0 Å². The van der Waals surface area contributed by atoms with Gasteiger partial charge in [0.25, 0.3) is 0 Å². The summed E-state index contributed by atoms with van der Waals surface area (Å²) in [5.41, 5.74) is 4.22. The quantitative estimate of drug-likeness (QED) is 0.162. The van der Waals surface area contributed by atoms with Gasteiger partial charge in [0.15, 0.2) is 0 Å². The maximum atomic E-state index is 8.57. The van der Waals surface area contributed by atoms with E-state index in [4.69, 9.17) is 18.1 Å². The van der Waals surface area contributed by atoms with Gasteiger partial charge in [0.05, 0.1) is 5.58 Å². The average molecular weight is 846 g/mol. The van der Waals surface area contributed by atoms with Crippen LogP contribution in [0.5, 0.6) is 0 Å². The summed E-state index contributed by atoms with van der Waals surface area (Å²) in [5, 5.41) is 1.34. The van der Waals surface area contributed by atoms with E-state index >= 15 is 0 Å². The fraction of sp³-hybridized carbons (Fsp3) is 0.267. The summed E-state index contributed by atoms with van der Waals surface area (Å²) in [4.78, 5) is 13.0. The van der Waals surface area contributed by atoms with Gasteiger partial charge in [0.1, 0.15) is 0 Å². The zero-order valence-corrected chi connectivity index (χ0v) is 31.3. The predicted octanol–water partition coefficient (Wildman–Crippen LogP) is 11.9. The van der Waals surface area contributed by atoms with Crippen LogP contribution in [-0.2, 0) is 32.9 Å². The van der Waals surface area contributed by atoms with Crippen molar-refractivity contribution >= 4 is 22.1 Å². The second kappa shape index (κ2) is 15.2. The number of benzene rings is 3. The van der Waals surface area contributed by atoms with E-state index in [9.17, 15) is 0 Å². The summed E-state index contributed by atoms with van der Waals surface area (Å²) in [6.07, 6.45) is -0.0538. The molecule has 0 aliphatic carbocycles. The number of aromatic nitrogens is 3. The monoisotopic (exact) mass is 846 g/mol. The Morgan fingerprint density at radius 3 is 2.12 bits per heavy atom. The minimum atomic E-state index is -2.44. The van der Waals surface area contributed by atoms with Gasteiger partial charge in [-0.05, 0) is 88.6 Å². The van der Waals surface area contributed by atoms with Crippen molar-refractivity contribution in [2.24, 2.45) is 10.8 Å². The van der Waals surface area contributed by atoms with Gasteiger partial charge in [-0.15, -0.1) is 54.1 Å². The van der Waals surface area contributed by atoms with Gasteiger partial charge in [-0.1, -0.05) is 95.0 Å². The van der Waals surface area contributed by atoms with Crippen LogP contribution in [-0.4, -0.2) is 15.0 Å². The normalized spacial score (nSPS) is 15.6. The molecule has 0 saturated heterocycles. The van der Waals surface area contributed by atoms with Crippen LogP contribution in [0.1, 0.15) is 77.6 Å². The van der Waals surface area contributed by atoms with Crippen LogP contribution < -0.4 is 0 Å². The Kier molecular flexibility index (Phi) is 7.76. The van der Waals surface area contributed by atoms with Crippen molar-refractivity contribution in [1.82, 2.24) is 15.0 Å². The molecule has 50 heavy (non-hydrogen) atoms. The Bertz CT molecular complexity index is 2590. The standard InChI is InChI=1S/C29H27N2O.C16H18N.Ir/c1-18-17-30-26(15-25(18)21-12-10-20(11-13-21)16-29(3,4)5)24-8-6-7-22-23-14-9-19(2)31-28(23)32-27(22)24;1-16(2,3)11-13-9-10-15(17-12-13)14-7-5-4-6-8-14;/h6-7,9-15,17H,16H2,1-5H3;4-7,9-10,12H,11H2,1-3H3;/q2*-1;/i1D3,2D3,16D2;11D2;. The molecule has 0 aliphatic rings. The third-order valence-corrected chi connectivity index (χ3v) is 7.44. The zero-order valence-electron chi connectivity index (χ0n) is 38.9. The number of rotatable bonds is 5. The number of nitrogens with zero attached hydrogens (tertiary/aromatic N) is 3. The van der Waals surface area contributed by atoms with Crippen LogP contribution in [0, 0.1) is 36.7 Å². The Labute approximate surface area is 324 Å². The second-order valence-electron chi connectivity index (χ2n) is 13.9. The summed E-state index contributed by atoms with van der Waals surface area (Å²) >= 11 is 0. The molecular weight excluding hydrogens is 791 g/mol. The number of fused-ring (bicyclic) bond motifs is 3. The van der Waals surface area contributed by atoms with Gasteiger partial charge in [-0.3, -0.25) is 0 Å². The molecule has 5 heteroatoms. The third kappa shape index (κ3) is 9.01. The Morgan fingerprint density at radius 2 is 1.46 bits per heavy atom. The van der Waals surface area contributed by atoms with Crippen molar-refractivity contribution in [3.8, 4) is 33.6 Å². The molecule has 7 rings (SSSR count). The second-order valence-corrected chi connectivity index (χ2v) is 13.9. The fourth-order valence-electron chi connectivity index (χ4n) is 5.42. The first kappa shape index (κ1) is 25.5. The number of aryl methyl sites for hydroxylation is 2. The van der Waals surface area contributed by atoms with E-state index in [0.717, 1.165) is 11.3 Å². The molecule has 0 spiro atoms. The van der Waals surface area contributed by atoms with Crippen LogP contribution >= 0.6 is 0 Å². The molecule has 0 amide bonds. The molecule has 0 saturated carbocycles. The van der Waals surface area contributed by atoms with Crippen LogP contribution in [0.4, 0.5) is 0 Å². The summed E-state index contributed by atoms with van der Waals surface area (Å²) in [7, 11) is 0. The first-order chi connectivity index (χ1) is 27.3. The minimum absolute atomic E-state index is 0.